The van der Waals surface area contributed by atoms with Crippen molar-refractivity contribution in [3.05, 3.63) is 53.6 Å². The second-order valence-electron chi connectivity index (χ2n) is 5.16. The molecule has 1 aromatic carbocycles. The number of hydrogen-bond donors (Lipinski definition) is 0. The lowest BCUT2D eigenvalue weighted by molar-refractivity contribution is 0.383. The zero-order valence-corrected chi connectivity index (χ0v) is 13.8. The summed E-state index contributed by atoms with van der Waals surface area (Å²) >= 11 is 5.69. The molecule has 0 spiro atoms. The average Bonchev–Trinajstić information content (AvgIpc) is 2.56. The highest BCUT2D eigenvalue weighted by Gasteiger charge is 2.29. The molecule has 1 saturated heterocycles. The molecule has 23 heavy (non-hydrogen) atoms. The summed E-state index contributed by atoms with van der Waals surface area (Å²) in [6.45, 7) is 1.45. The van der Waals surface area contributed by atoms with E-state index in [2.05, 4.69) is 4.98 Å². The number of sulfonamides is 1. The van der Waals surface area contributed by atoms with E-state index < -0.39 is 10.0 Å². The number of anilines is 1. The summed E-state index contributed by atoms with van der Waals surface area (Å²) in [4.78, 5) is 5.77. The standard InChI is InChI=1S/C15H15ClFN3O2S/c16-15-6-5-12(11-18-15)23(21,22)20-9-7-19(8-10-20)14-4-2-1-3-13(14)17/h1-6,11H,7-10H2. The van der Waals surface area contributed by atoms with Gasteiger partial charge in [0.05, 0.1) is 5.69 Å². The van der Waals surface area contributed by atoms with Crippen LogP contribution < -0.4 is 4.90 Å². The summed E-state index contributed by atoms with van der Waals surface area (Å²) < 4.78 is 40.3. The van der Waals surface area contributed by atoms with Gasteiger partial charge in [-0.25, -0.2) is 17.8 Å². The molecule has 5 nitrogen and oxygen atoms in total. The van der Waals surface area contributed by atoms with E-state index in [0.29, 0.717) is 31.9 Å². The van der Waals surface area contributed by atoms with Crippen molar-refractivity contribution in [1.82, 2.24) is 9.29 Å². The molecule has 1 aliphatic rings. The Bertz CT molecular complexity index is 791. The smallest absolute Gasteiger partial charge is 0.244 e. The van der Waals surface area contributed by atoms with Crippen LogP contribution in [0.5, 0.6) is 0 Å². The first kappa shape index (κ1) is 16.2. The minimum Gasteiger partial charge on any atom is -0.367 e. The number of piperazine rings is 1. The van der Waals surface area contributed by atoms with Crippen LogP contribution in [0, 0.1) is 5.82 Å². The average molecular weight is 356 g/mol. The topological polar surface area (TPSA) is 53.5 Å². The largest absolute Gasteiger partial charge is 0.367 e. The molecule has 0 unspecified atom stereocenters. The van der Waals surface area contributed by atoms with Gasteiger partial charge in [-0.3, -0.25) is 0 Å². The maximum absolute atomic E-state index is 13.8. The molecule has 0 atom stereocenters. The number of rotatable bonds is 3. The van der Waals surface area contributed by atoms with Crippen LogP contribution in [0.2, 0.25) is 5.15 Å². The highest BCUT2D eigenvalue weighted by molar-refractivity contribution is 7.89. The minimum absolute atomic E-state index is 0.112. The predicted molar refractivity (Wildman–Crippen MR) is 86.6 cm³/mol. The SMILES string of the molecule is O=S(=O)(c1ccc(Cl)nc1)N1CCN(c2ccccc2F)CC1. The molecule has 1 aliphatic heterocycles. The summed E-state index contributed by atoms with van der Waals surface area (Å²) in [5.41, 5.74) is 0.498. The molecular weight excluding hydrogens is 341 g/mol. The zero-order valence-electron chi connectivity index (χ0n) is 12.2. The van der Waals surface area contributed by atoms with Gasteiger partial charge >= 0.3 is 0 Å². The lowest BCUT2D eigenvalue weighted by Gasteiger charge is -2.35. The van der Waals surface area contributed by atoms with Crippen molar-refractivity contribution in [1.29, 1.82) is 0 Å². The number of pyridine rings is 1. The second kappa shape index (κ2) is 6.43. The highest BCUT2D eigenvalue weighted by Crippen LogP contribution is 2.23. The Morgan fingerprint density at radius 2 is 1.74 bits per heavy atom. The minimum atomic E-state index is -3.60. The van der Waals surface area contributed by atoms with E-state index in [1.807, 2.05) is 4.90 Å². The fourth-order valence-corrected chi connectivity index (χ4v) is 4.02. The van der Waals surface area contributed by atoms with Gasteiger partial charge in [-0.15, -0.1) is 0 Å². The van der Waals surface area contributed by atoms with Gasteiger partial charge in [0.1, 0.15) is 15.9 Å². The maximum atomic E-state index is 13.8. The first-order valence-corrected chi connectivity index (χ1v) is 8.91. The van der Waals surface area contributed by atoms with Crippen molar-refractivity contribution in [2.75, 3.05) is 31.1 Å². The van der Waals surface area contributed by atoms with Gasteiger partial charge in [0.2, 0.25) is 10.0 Å². The van der Waals surface area contributed by atoms with Crippen LogP contribution in [0.3, 0.4) is 0 Å². The van der Waals surface area contributed by atoms with Crippen LogP contribution in [-0.2, 0) is 10.0 Å². The number of hydrogen-bond acceptors (Lipinski definition) is 4. The molecule has 1 fully saturated rings. The number of aromatic nitrogens is 1. The van der Waals surface area contributed by atoms with E-state index in [1.165, 1.54) is 28.7 Å². The van der Waals surface area contributed by atoms with Gasteiger partial charge < -0.3 is 4.90 Å². The van der Waals surface area contributed by atoms with Crippen LogP contribution in [0.4, 0.5) is 10.1 Å². The van der Waals surface area contributed by atoms with E-state index >= 15 is 0 Å². The number of benzene rings is 1. The monoisotopic (exact) mass is 355 g/mol. The third kappa shape index (κ3) is 3.31. The van der Waals surface area contributed by atoms with Gasteiger partial charge in [0, 0.05) is 32.4 Å². The summed E-state index contributed by atoms with van der Waals surface area (Å²) in [6.07, 6.45) is 1.25. The predicted octanol–water partition coefficient (Wildman–Crippen LogP) is 2.39. The van der Waals surface area contributed by atoms with Gasteiger partial charge in [-0.05, 0) is 24.3 Å². The van der Waals surface area contributed by atoms with Crippen LogP contribution in [0.15, 0.2) is 47.5 Å². The Balaban J connectivity index is 1.74. The molecule has 0 saturated carbocycles. The first-order chi connectivity index (χ1) is 11.0. The maximum Gasteiger partial charge on any atom is 0.244 e. The second-order valence-corrected chi connectivity index (χ2v) is 7.48. The van der Waals surface area contributed by atoms with Crippen molar-refractivity contribution in [2.24, 2.45) is 0 Å². The Kier molecular flexibility index (Phi) is 4.52. The normalized spacial score (nSPS) is 16.5. The first-order valence-electron chi connectivity index (χ1n) is 7.10. The Labute approximate surface area is 139 Å². The molecule has 3 rings (SSSR count). The Morgan fingerprint density at radius 1 is 1.04 bits per heavy atom. The van der Waals surface area contributed by atoms with Crippen molar-refractivity contribution in [2.45, 2.75) is 4.90 Å². The van der Waals surface area contributed by atoms with Crippen molar-refractivity contribution < 1.29 is 12.8 Å². The third-order valence-corrected chi connectivity index (χ3v) is 5.88. The molecule has 8 heteroatoms. The molecule has 0 bridgehead atoms. The fraction of sp³-hybridized carbons (Fsp3) is 0.267. The van der Waals surface area contributed by atoms with Crippen molar-refractivity contribution in [3.8, 4) is 0 Å². The summed E-state index contributed by atoms with van der Waals surface area (Å²) in [5.74, 6) is -0.300. The lowest BCUT2D eigenvalue weighted by Crippen LogP contribution is -2.48. The summed E-state index contributed by atoms with van der Waals surface area (Å²) in [6, 6.07) is 9.38. The molecule has 2 aromatic rings. The van der Waals surface area contributed by atoms with E-state index in [-0.39, 0.29) is 15.9 Å². The molecule has 0 N–H and O–H groups in total. The number of nitrogens with zero attached hydrogens (tertiary/aromatic N) is 3. The molecular formula is C15H15ClFN3O2S. The van der Waals surface area contributed by atoms with Crippen molar-refractivity contribution in [3.63, 3.8) is 0 Å². The van der Waals surface area contributed by atoms with Gasteiger partial charge in [0.15, 0.2) is 0 Å². The van der Waals surface area contributed by atoms with E-state index in [4.69, 9.17) is 11.6 Å². The molecule has 0 aliphatic carbocycles. The number of para-hydroxylation sites is 1. The molecule has 0 amide bonds. The third-order valence-electron chi connectivity index (χ3n) is 3.77. The van der Waals surface area contributed by atoms with Crippen LogP contribution in [0.1, 0.15) is 0 Å². The van der Waals surface area contributed by atoms with Gasteiger partial charge in [-0.2, -0.15) is 4.31 Å². The molecule has 122 valence electrons. The Hall–Kier alpha value is -1.70. The van der Waals surface area contributed by atoms with Crippen LogP contribution in [-0.4, -0.2) is 43.9 Å². The fourth-order valence-electron chi connectivity index (χ4n) is 2.54. The molecule has 0 radical (unpaired) electrons. The van der Waals surface area contributed by atoms with E-state index in [1.54, 1.807) is 18.2 Å². The van der Waals surface area contributed by atoms with Gasteiger partial charge in [-0.1, -0.05) is 23.7 Å². The zero-order chi connectivity index (χ0) is 16.4. The quantitative estimate of drug-likeness (QED) is 0.793. The van der Waals surface area contributed by atoms with E-state index in [9.17, 15) is 12.8 Å². The van der Waals surface area contributed by atoms with E-state index in [0.717, 1.165) is 0 Å². The highest BCUT2D eigenvalue weighted by atomic mass is 35.5. The summed E-state index contributed by atoms with van der Waals surface area (Å²) in [7, 11) is -3.60. The van der Waals surface area contributed by atoms with Crippen LogP contribution in [0.25, 0.3) is 0 Å². The number of halogens is 2. The summed E-state index contributed by atoms with van der Waals surface area (Å²) in [5, 5.41) is 0.244. The molecule has 2 heterocycles. The van der Waals surface area contributed by atoms with Crippen molar-refractivity contribution >= 4 is 27.3 Å². The lowest BCUT2D eigenvalue weighted by atomic mass is 10.2. The Morgan fingerprint density at radius 3 is 2.35 bits per heavy atom. The van der Waals surface area contributed by atoms with Crippen LogP contribution >= 0.6 is 11.6 Å². The van der Waals surface area contributed by atoms with Gasteiger partial charge in [0.25, 0.3) is 0 Å². The molecule has 1 aromatic heterocycles.